The average Bonchev–Trinajstić information content (AvgIpc) is 2.15. The van der Waals surface area contributed by atoms with E-state index in [-0.39, 0.29) is 7.92 Å². The lowest BCUT2D eigenvalue weighted by molar-refractivity contribution is 0.479. The Labute approximate surface area is 81.6 Å². The van der Waals surface area contributed by atoms with Gasteiger partial charge >= 0.3 is 0 Å². The first-order chi connectivity index (χ1) is 6.25. The van der Waals surface area contributed by atoms with E-state index in [9.17, 15) is 5.11 Å². The zero-order chi connectivity index (χ0) is 9.68. The zero-order valence-corrected chi connectivity index (χ0v) is 9.22. The fourth-order valence-electron chi connectivity index (χ4n) is 1.30. The number of phenols is 1. The molecule has 2 heteroatoms. The minimum Gasteiger partial charge on any atom is -0.507 e. The van der Waals surface area contributed by atoms with Crippen molar-refractivity contribution >= 4 is 13.2 Å². The van der Waals surface area contributed by atoms with Crippen molar-refractivity contribution in [3.05, 3.63) is 24.3 Å². The van der Waals surface area contributed by atoms with Crippen molar-refractivity contribution in [1.82, 2.24) is 0 Å². The maximum Gasteiger partial charge on any atom is 0.123 e. The second kappa shape index (κ2) is 5.24. The SMILES string of the molecule is CCCCP(C)c1ccccc1O. The Hall–Kier alpha value is -0.550. The van der Waals surface area contributed by atoms with Crippen LogP contribution in [0.5, 0.6) is 5.75 Å². The summed E-state index contributed by atoms with van der Waals surface area (Å²) in [6.07, 6.45) is 3.72. The van der Waals surface area contributed by atoms with Crippen molar-refractivity contribution in [2.24, 2.45) is 0 Å². The van der Waals surface area contributed by atoms with E-state index in [1.54, 1.807) is 6.07 Å². The lowest BCUT2D eigenvalue weighted by Gasteiger charge is -2.12. The summed E-state index contributed by atoms with van der Waals surface area (Å²) in [5.41, 5.74) is 0. The van der Waals surface area contributed by atoms with E-state index in [2.05, 4.69) is 13.6 Å². The first-order valence-electron chi connectivity index (χ1n) is 4.75. The molecule has 0 aliphatic rings. The van der Waals surface area contributed by atoms with E-state index in [4.69, 9.17) is 0 Å². The molecule has 0 aliphatic carbocycles. The van der Waals surface area contributed by atoms with E-state index < -0.39 is 0 Å². The number of hydrogen-bond acceptors (Lipinski definition) is 1. The molecule has 0 aromatic heterocycles. The van der Waals surface area contributed by atoms with Crippen LogP contribution in [0, 0.1) is 0 Å². The van der Waals surface area contributed by atoms with Gasteiger partial charge in [-0.15, -0.1) is 0 Å². The van der Waals surface area contributed by atoms with Gasteiger partial charge in [0.15, 0.2) is 0 Å². The molecule has 0 radical (unpaired) electrons. The fourth-order valence-corrected chi connectivity index (χ4v) is 3.14. The van der Waals surface area contributed by atoms with Gasteiger partial charge in [0.2, 0.25) is 0 Å². The molecule has 72 valence electrons. The Bertz CT molecular complexity index is 260. The molecule has 13 heavy (non-hydrogen) atoms. The van der Waals surface area contributed by atoms with Gasteiger partial charge in [-0.25, -0.2) is 0 Å². The molecular formula is C11H17OP. The maximum absolute atomic E-state index is 9.60. The van der Waals surface area contributed by atoms with Crippen LogP contribution < -0.4 is 5.30 Å². The van der Waals surface area contributed by atoms with E-state index in [1.807, 2.05) is 18.2 Å². The number of hydrogen-bond donors (Lipinski definition) is 1. The van der Waals surface area contributed by atoms with Gasteiger partial charge in [0.25, 0.3) is 0 Å². The maximum atomic E-state index is 9.60. The largest absolute Gasteiger partial charge is 0.507 e. The van der Waals surface area contributed by atoms with E-state index >= 15 is 0 Å². The molecule has 1 nitrogen and oxygen atoms in total. The normalized spacial score (nSPS) is 12.8. The van der Waals surface area contributed by atoms with E-state index in [1.165, 1.54) is 19.0 Å². The number of para-hydroxylation sites is 1. The summed E-state index contributed by atoms with van der Waals surface area (Å²) in [6.45, 7) is 4.44. The standard InChI is InChI=1S/C11H17OP/c1-3-4-9-13(2)11-8-6-5-7-10(11)12/h5-8,12H,3-4,9H2,1-2H3. The molecule has 0 fully saturated rings. The van der Waals surface area contributed by atoms with Gasteiger partial charge in [0.1, 0.15) is 5.75 Å². The highest BCUT2D eigenvalue weighted by molar-refractivity contribution is 7.65. The van der Waals surface area contributed by atoms with Crippen LogP contribution in [0.25, 0.3) is 0 Å². The van der Waals surface area contributed by atoms with Gasteiger partial charge in [0, 0.05) is 5.30 Å². The van der Waals surface area contributed by atoms with Crippen LogP contribution in [0.2, 0.25) is 0 Å². The minimum atomic E-state index is -0.152. The van der Waals surface area contributed by atoms with Crippen LogP contribution in [-0.2, 0) is 0 Å². The van der Waals surface area contributed by atoms with Gasteiger partial charge < -0.3 is 5.11 Å². The Morgan fingerprint density at radius 2 is 2.00 bits per heavy atom. The average molecular weight is 196 g/mol. The highest BCUT2D eigenvalue weighted by Crippen LogP contribution is 2.34. The lowest BCUT2D eigenvalue weighted by atomic mass is 10.3. The summed E-state index contributed by atoms with van der Waals surface area (Å²) < 4.78 is 0. The molecule has 1 N–H and O–H groups in total. The number of aromatic hydroxyl groups is 1. The van der Waals surface area contributed by atoms with Crippen molar-refractivity contribution in [3.8, 4) is 5.75 Å². The van der Waals surface area contributed by atoms with Gasteiger partial charge in [-0.05, 0) is 25.3 Å². The number of rotatable bonds is 4. The molecule has 1 rings (SSSR count). The van der Waals surface area contributed by atoms with Crippen LogP contribution in [-0.4, -0.2) is 17.9 Å². The predicted octanol–water partition coefficient (Wildman–Crippen LogP) is 2.93. The molecular weight excluding hydrogens is 179 g/mol. The molecule has 1 unspecified atom stereocenters. The molecule has 1 atom stereocenters. The van der Waals surface area contributed by atoms with Crippen LogP contribution >= 0.6 is 7.92 Å². The van der Waals surface area contributed by atoms with Crippen LogP contribution in [0.4, 0.5) is 0 Å². The predicted molar refractivity (Wildman–Crippen MR) is 60.4 cm³/mol. The first-order valence-corrected chi connectivity index (χ1v) is 6.72. The minimum absolute atomic E-state index is 0.152. The zero-order valence-electron chi connectivity index (χ0n) is 8.33. The smallest absolute Gasteiger partial charge is 0.123 e. The third kappa shape index (κ3) is 3.00. The van der Waals surface area contributed by atoms with Gasteiger partial charge in [-0.2, -0.15) is 0 Å². The molecule has 0 heterocycles. The van der Waals surface area contributed by atoms with Gasteiger partial charge in [0.05, 0.1) is 0 Å². The Morgan fingerprint density at radius 1 is 1.31 bits per heavy atom. The monoisotopic (exact) mass is 196 g/mol. The summed E-state index contributed by atoms with van der Waals surface area (Å²) >= 11 is 0. The van der Waals surface area contributed by atoms with Crippen molar-refractivity contribution in [1.29, 1.82) is 0 Å². The summed E-state index contributed by atoms with van der Waals surface area (Å²) in [5, 5.41) is 10.7. The van der Waals surface area contributed by atoms with E-state index in [0.29, 0.717) is 5.75 Å². The first kappa shape index (κ1) is 10.5. The summed E-state index contributed by atoms with van der Waals surface area (Å²) in [5.74, 6) is 0.465. The van der Waals surface area contributed by atoms with Gasteiger partial charge in [-0.1, -0.05) is 39.5 Å². The number of benzene rings is 1. The molecule has 0 spiro atoms. The molecule has 0 amide bonds. The molecule has 0 saturated heterocycles. The Morgan fingerprint density at radius 3 is 2.62 bits per heavy atom. The molecule has 0 saturated carbocycles. The lowest BCUT2D eigenvalue weighted by Crippen LogP contribution is -2.02. The van der Waals surface area contributed by atoms with E-state index in [0.717, 1.165) is 5.30 Å². The van der Waals surface area contributed by atoms with Crippen molar-refractivity contribution in [2.75, 3.05) is 12.8 Å². The van der Waals surface area contributed by atoms with Crippen LogP contribution in [0.15, 0.2) is 24.3 Å². The molecule has 1 aromatic rings. The van der Waals surface area contributed by atoms with Gasteiger partial charge in [-0.3, -0.25) is 0 Å². The van der Waals surface area contributed by atoms with Crippen molar-refractivity contribution in [2.45, 2.75) is 19.8 Å². The van der Waals surface area contributed by atoms with Crippen molar-refractivity contribution in [3.63, 3.8) is 0 Å². The third-order valence-electron chi connectivity index (χ3n) is 2.14. The quantitative estimate of drug-likeness (QED) is 0.734. The molecule has 1 aromatic carbocycles. The molecule has 0 bridgehead atoms. The Kier molecular flexibility index (Phi) is 4.24. The summed E-state index contributed by atoms with van der Waals surface area (Å²) in [6, 6.07) is 7.69. The van der Waals surface area contributed by atoms with Crippen LogP contribution in [0.3, 0.4) is 0 Å². The Balaban J connectivity index is 2.65. The second-order valence-electron chi connectivity index (χ2n) is 3.26. The number of unbranched alkanes of at least 4 members (excludes halogenated alkanes) is 1. The second-order valence-corrected chi connectivity index (χ2v) is 5.59. The summed E-state index contributed by atoms with van der Waals surface area (Å²) in [4.78, 5) is 0. The highest BCUT2D eigenvalue weighted by Gasteiger charge is 2.07. The van der Waals surface area contributed by atoms with Crippen LogP contribution in [0.1, 0.15) is 19.8 Å². The summed E-state index contributed by atoms with van der Waals surface area (Å²) in [7, 11) is -0.152. The molecule has 0 aliphatic heterocycles. The van der Waals surface area contributed by atoms with Crippen molar-refractivity contribution < 1.29 is 5.11 Å². The third-order valence-corrected chi connectivity index (χ3v) is 4.33. The highest BCUT2D eigenvalue weighted by atomic mass is 31.1. The number of phenolic OH excluding ortho intramolecular Hbond substituents is 1. The topological polar surface area (TPSA) is 20.2 Å². The fraction of sp³-hybridized carbons (Fsp3) is 0.455.